The monoisotopic (exact) mass is 182 g/mol. The molecule has 1 aromatic rings. The van der Waals surface area contributed by atoms with Crippen molar-refractivity contribution in [3.05, 3.63) is 18.0 Å². The number of aromatic amines is 1. The topological polar surface area (TPSA) is 48.9 Å². The van der Waals surface area contributed by atoms with E-state index in [1.807, 2.05) is 0 Å². The average Bonchev–Trinajstić information content (AvgIpc) is 2.67. The van der Waals surface area contributed by atoms with E-state index in [4.69, 9.17) is 0 Å². The summed E-state index contributed by atoms with van der Waals surface area (Å²) in [4.78, 5) is 0. The van der Waals surface area contributed by atoms with Crippen LogP contribution in [0.15, 0.2) is 12.4 Å². The number of aromatic nitrogens is 2. The largest absolute Gasteiger partial charge is 0.388 e. The number of hydrogen-bond donors (Lipinski definition) is 2. The molecule has 0 aromatic carbocycles. The zero-order chi connectivity index (χ0) is 9.84. The molecule has 0 amide bonds. The first kappa shape index (κ1) is 10.3. The molecule has 13 heavy (non-hydrogen) atoms. The first-order valence-corrected chi connectivity index (χ1v) is 4.83. The van der Waals surface area contributed by atoms with Crippen LogP contribution >= 0.6 is 0 Å². The molecule has 0 radical (unpaired) electrons. The normalized spacial score (nSPS) is 18.2. The Balaban J connectivity index is 2.62. The molecule has 3 nitrogen and oxygen atoms in total. The van der Waals surface area contributed by atoms with Gasteiger partial charge in [-0.1, -0.05) is 27.2 Å². The van der Waals surface area contributed by atoms with Crippen molar-refractivity contribution in [2.75, 3.05) is 0 Å². The first-order chi connectivity index (χ1) is 6.16. The molecule has 3 unspecified atom stereocenters. The molecular weight excluding hydrogens is 164 g/mol. The third-order valence-corrected chi connectivity index (χ3v) is 2.90. The molecule has 0 aliphatic rings. The SMILES string of the molecule is CCC(C)C(C)C(O)c1cn[nH]c1. The van der Waals surface area contributed by atoms with Crippen LogP contribution in [0.25, 0.3) is 0 Å². The van der Waals surface area contributed by atoms with Gasteiger partial charge in [0.1, 0.15) is 0 Å². The maximum Gasteiger partial charge on any atom is 0.0848 e. The average molecular weight is 182 g/mol. The van der Waals surface area contributed by atoms with Crippen molar-refractivity contribution >= 4 is 0 Å². The van der Waals surface area contributed by atoms with Crippen LogP contribution in [0.2, 0.25) is 0 Å². The van der Waals surface area contributed by atoms with Crippen molar-refractivity contribution in [3.8, 4) is 0 Å². The van der Waals surface area contributed by atoms with E-state index in [9.17, 15) is 5.11 Å². The Morgan fingerprint density at radius 3 is 2.69 bits per heavy atom. The Kier molecular flexibility index (Phi) is 3.48. The zero-order valence-electron chi connectivity index (χ0n) is 8.49. The molecule has 0 spiro atoms. The number of hydrogen-bond acceptors (Lipinski definition) is 2. The van der Waals surface area contributed by atoms with Gasteiger partial charge in [0, 0.05) is 11.8 Å². The molecular formula is C10H18N2O. The maximum absolute atomic E-state index is 9.92. The fourth-order valence-corrected chi connectivity index (χ4v) is 1.41. The summed E-state index contributed by atoms with van der Waals surface area (Å²) in [5.41, 5.74) is 0.882. The Morgan fingerprint density at radius 1 is 1.54 bits per heavy atom. The minimum absolute atomic E-state index is 0.280. The molecule has 0 aliphatic heterocycles. The van der Waals surface area contributed by atoms with Crippen molar-refractivity contribution < 1.29 is 5.11 Å². The second-order valence-corrected chi connectivity index (χ2v) is 3.72. The van der Waals surface area contributed by atoms with Crippen LogP contribution in [-0.2, 0) is 0 Å². The van der Waals surface area contributed by atoms with E-state index >= 15 is 0 Å². The van der Waals surface area contributed by atoms with Gasteiger partial charge in [-0.25, -0.2) is 0 Å². The smallest absolute Gasteiger partial charge is 0.0848 e. The summed E-state index contributed by atoms with van der Waals surface area (Å²) >= 11 is 0. The highest BCUT2D eigenvalue weighted by molar-refractivity contribution is 5.07. The quantitative estimate of drug-likeness (QED) is 0.749. The van der Waals surface area contributed by atoms with Gasteiger partial charge in [-0.3, -0.25) is 5.10 Å². The number of nitrogens with one attached hydrogen (secondary N) is 1. The number of nitrogens with zero attached hydrogens (tertiary/aromatic N) is 1. The second kappa shape index (κ2) is 4.42. The lowest BCUT2D eigenvalue weighted by molar-refractivity contribution is 0.0860. The van der Waals surface area contributed by atoms with Gasteiger partial charge in [0.15, 0.2) is 0 Å². The van der Waals surface area contributed by atoms with Crippen LogP contribution < -0.4 is 0 Å². The van der Waals surface area contributed by atoms with Gasteiger partial charge in [-0.15, -0.1) is 0 Å². The van der Waals surface area contributed by atoms with Gasteiger partial charge in [-0.05, 0) is 11.8 Å². The molecule has 1 rings (SSSR count). The summed E-state index contributed by atoms with van der Waals surface area (Å²) in [6.45, 7) is 6.38. The minimum Gasteiger partial charge on any atom is -0.388 e. The lowest BCUT2D eigenvalue weighted by atomic mass is 9.86. The van der Waals surface area contributed by atoms with Crippen molar-refractivity contribution in [1.82, 2.24) is 10.2 Å². The summed E-state index contributed by atoms with van der Waals surface area (Å²) in [5.74, 6) is 0.812. The lowest BCUT2D eigenvalue weighted by Gasteiger charge is -2.23. The number of aliphatic hydroxyl groups excluding tert-OH is 1. The summed E-state index contributed by atoms with van der Waals surface area (Å²) in [7, 11) is 0. The van der Waals surface area contributed by atoms with Gasteiger partial charge < -0.3 is 5.11 Å². The maximum atomic E-state index is 9.92. The van der Waals surface area contributed by atoms with Gasteiger partial charge in [-0.2, -0.15) is 5.10 Å². The highest BCUT2D eigenvalue weighted by Gasteiger charge is 2.21. The molecule has 3 heteroatoms. The van der Waals surface area contributed by atoms with Gasteiger partial charge in [0.25, 0.3) is 0 Å². The summed E-state index contributed by atoms with van der Waals surface area (Å²) < 4.78 is 0. The molecule has 3 atom stereocenters. The highest BCUT2D eigenvalue weighted by atomic mass is 16.3. The molecule has 0 fully saturated rings. The summed E-state index contributed by atoms with van der Waals surface area (Å²) in [6.07, 6.45) is 4.14. The predicted molar refractivity (Wildman–Crippen MR) is 52.2 cm³/mol. The van der Waals surface area contributed by atoms with E-state index in [1.165, 1.54) is 0 Å². The zero-order valence-corrected chi connectivity index (χ0v) is 8.49. The number of H-pyrrole nitrogens is 1. The molecule has 0 bridgehead atoms. The molecule has 74 valence electrons. The fourth-order valence-electron chi connectivity index (χ4n) is 1.41. The van der Waals surface area contributed by atoms with Gasteiger partial charge in [0.05, 0.1) is 12.3 Å². The molecule has 1 aromatic heterocycles. The van der Waals surface area contributed by atoms with Crippen molar-refractivity contribution in [2.45, 2.75) is 33.3 Å². The first-order valence-electron chi connectivity index (χ1n) is 4.83. The second-order valence-electron chi connectivity index (χ2n) is 3.72. The van der Waals surface area contributed by atoms with Crippen molar-refractivity contribution in [3.63, 3.8) is 0 Å². The lowest BCUT2D eigenvalue weighted by Crippen LogP contribution is -2.16. The Bertz CT molecular complexity index is 233. The number of aliphatic hydroxyl groups is 1. The van der Waals surface area contributed by atoms with Crippen LogP contribution in [0.4, 0.5) is 0 Å². The van der Waals surface area contributed by atoms with Crippen molar-refractivity contribution in [2.24, 2.45) is 11.8 Å². The van der Waals surface area contributed by atoms with Crippen molar-refractivity contribution in [1.29, 1.82) is 0 Å². The minimum atomic E-state index is -0.395. The predicted octanol–water partition coefficient (Wildman–Crippen LogP) is 2.13. The fraction of sp³-hybridized carbons (Fsp3) is 0.700. The molecule has 0 aliphatic carbocycles. The Morgan fingerprint density at radius 2 is 2.23 bits per heavy atom. The van der Waals surface area contributed by atoms with Crippen LogP contribution in [0, 0.1) is 11.8 Å². The van der Waals surface area contributed by atoms with E-state index < -0.39 is 6.10 Å². The van der Waals surface area contributed by atoms with Crippen LogP contribution in [-0.4, -0.2) is 15.3 Å². The van der Waals surface area contributed by atoms with E-state index in [0.29, 0.717) is 5.92 Å². The van der Waals surface area contributed by atoms with E-state index in [-0.39, 0.29) is 5.92 Å². The Labute approximate surface area is 79.2 Å². The van der Waals surface area contributed by atoms with E-state index in [0.717, 1.165) is 12.0 Å². The van der Waals surface area contributed by atoms with Crippen LogP contribution in [0.5, 0.6) is 0 Å². The molecule has 2 N–H and O–H groups in total. The standard InChI is InChI=1S/C10H18N2O/c1-4-7(2)8(3)10(13)9-5-11-12-6-9/h5-8,10,13H,4H2,1-3H3,(H,11,12). The molecule has 0 saturated heterocycles. The van der Waals surface area contributed by atoms with Crippen LogP contribution in [0.1, 0.15) is 38.9 Å². The highest BCUT2D eigenvalue weighted by Crippen LogP contribution is 2.28. The summed E-state index contributed by atoms with van der Waals surface area (Å²) in [6, 6.07) is 0. The van der Waals surface area contributed by atoms with Crippen LogP contribution in [0.3, 0.4) is 0 Å². The molecule has 1 heterocycles. The van der Waals surface area contributed by atoms with Gasteiger partial charge in [0.2, 0.25) is 0 Å². The number of rotatable bonds is 4. The Hall–Kier alpha value is -0.830. The third-order valence-electron chi connectivity index (χ3n) is 2.90. The molecule has 0 saturated carbocycles. The van der Waals surface area contributed by atoms with E-state index in [1.54, 1.807) is 12.4 Å². The summed E-state index contributed by atoms with van der Waals surface area (Å²) in [5, 5.41) is 16.5. The third kappa shape index (κ3) is 2.31. The van der Waals surface area contributed by atoms with Gasteiger partial charge >= 0.3 is 0 Å². The van der Waals surface area contributed by atoms with E-state index in [2.05, 4.69) is 31.0 Å².